The Labute approximate surface area is 112 Å². The van der Waals surface area contributed by atoms with E-state index in [1.54, 1.807) is 0 Å². The molecule has 110 valence electrons. The van der Waals surface area contributed by atoms with Crippen LogP contribution in [0.25, 0.3) is 0 Å². The fourth-order valence-corrected chi connectivity index (χ4v) is 1.63. The second kappa shape index (κ2) is 9.35. The van der Waals surface area contributed by atoms with E-state index in [1.807, 2.05) is 0 Å². The molecular weight excluding hydrogens is 252 g/mol. The van der Waals surface area contributed by atoms with Crippen molar-refractivity contribution in [2.45, 2.75) is 46.0 Å². The highest BCUT2D eigenvalue weighted by Gasteiger charge is 2.33. The number of carboxylic acid groups (broad SMARTS) is 2. The van der Waals surface area contributed by atoms with Crippen LogP contribution >= 0.6 is 0 Å². The number of hydrogen-bond acceptors (Lipinski definition) is 4. The SMILES string of the molecule is CCCCCCOC(=O)C(CC(=O)O)C(C)C(=O)O. The lowest BCUT2D eigenvalue weighted by Gasteiger charge is -2.17. The van der Waals surface area contributed by atoms with Gasteiger partial charge in [0.2, 0.25) is 0 Å². The molecule has 0 rings (SSSR count). The molecule has 19 heavy (non-hydrogen) atoms. The minimum absolute atomic E-state index is 0.210. The summed E-state index contributed by atoms with van der Waals surface area (Å²) in [6, 6.07) is 0. The average Bonchev–Trinajstić information content (AvgIpc) is 2.34. The Kier molecular flexibility index (Phi) is 8.57. The molecule has 0 aliphatic carbocycles. The van der Waals surface area contributed by atoms with Gasteiger partial charge >= 0.3 is 17.9 Å². The molecule has 0 saturated carbocycles. The molecule has 0 aliphatic heterocycles. The van der Waals surface area contributed by atoms with Crippen LogP contribution in [-0.4, -0.2) is 34.7 Å². The lowest BCUT2D eigenvalue weighted by molar-refractivity contribution is -0.160. The Morgan fingerprint density at radius 1 is 1.11 bits per heavy atom. The van der Waals surface area contributed by atoms with Crippen LogP contribution in [0.5, 0.6) is 0 Å². The quantitative estimate of drug-likeness (QED) is 0.466. The highest BCUT2D eigenvalue weighted by molar-refractivity contribution is 5.84. The topological polar surface area (TPSA) is 101 Å². The Balaban J connectivity index is 4.30. The van der Waals surface area contributed by atoms with Gasteiger partial charge in [0.15, 0.2) is 0 Å². The zero-order valence-electron chi connectivity index (χ0n) is 11.4. The number of esters is 1. The number of carbonyl (C=O) groups excluding carboxylic acids is 1. The predicted molar refractivity (Wildman–Crippen MR) is 67.6 cm³/mol. The largest absolute Gasteiger partial charge is 0.481 e. The normalized spacial score (nSPS) is 13.6. The van der Waals surface area contributed by atoms with E-state index in [-0.39, 0.29) is 6.61 Å². The van der Waals surface area contributed by atoms with Crippen molar-refractivity contribution in [2.75, 3.05) is 6.61 Å². The standard InChI is InChI=1S/C13H22O6/c1-3-4-5-6-7-19-13(18)10(8-11(14)15)9(2)12(16)17/h9-10H,3-8H2,1-2H3,(H,14,15)(H,16,17). The van der Waals surface area contributed by atoms with Gasteiger partial charge < -0.3 is 14.9 Å². The molecule has 0 amide bonds. The van der Waals surface area contributed by atoms with Crippen LogP contribution in [0.2, 0.25) is 0 Å². The van der Waals surface area contributed by atoms with E-state index in [0.29, 0.717) is 6.42 Å². The molecule has 0 aliphatic rings. The molecule has 0 bridgehead atoms. The first-order valence-electron chi connectivity index (χ1n) is 6.51. The van der Waals surface area contributed by atoms with Crippen molar-refractivity contribution in [1.82, 2.24) is 0 Å². The highest BCUT2D eigenvalue weighted by Crippen LogP contribution is 2.18. The minimum Gasteiger partial charge on any atom is -0.481 e. The second-order valence-electron chi connectivity index (χ2n) is 4.56. The Hall–Kier alpha value is -1.59. The van der Waals surface area contributed by atoms with E-state index in [0.717, 1.165) is 19.3 Å². The van der Waals surface area contributed by atoms with Gasteiger partial charge in [0.25, 0.3) is 0 Å². The summed E-state index contributed by atoms with van der Waals surface area (Å²) in [5.41, 5.74) is 0. The van der Waals surface area contributed by atoms with Gasteiger partial charge in [-0.1, -0.05) is 33.1 Å². The molecule has 6 nitrogen and oxygen atoms in total. The van der Waals surface area contributed by atoms with Crippen molar-refractivity contribution in [3.05, 3.63) is 0 Å². The number of ether oxygens (including phenoxy) is 1. The van der Waals surface area contributed by atoms with Gasteiger partial charge in [0.05, 0.1) is 24.9 Å². The minimum atomic E-state index is -1.21. The number of unbranched alkanes of at least 4 members (excludes halogenated alkanes) is 3. The number of rotatable bonds is 10. The van der Waals surface area contributed by atoms with Crippen LogP contribution in [0.3, 0.4) is 0 Å². The maximum absolute atomic E-state index is 11.7. The Bertz CT molecular complexity index is 312. The molecule has 2 N–H and O–H groups in total. The maximum atomic E-state index is 11.7. The van der Waals surface area contributed by atoms with E-state index in [9.17, 15) is 14.4 Å². The van der Waals surface area contributed by atoms with Crippen LogP contribution in [0.15, 0.2) is 0 Å². The monoisotopic (exact) mass is 274 g/mol. The summed E-state index contributed by atoms with van der Waals surface area (Å²) in [4.78, 5) is 33.2. The second-order valence-corrected chi connectivity index (χ2v) is 4.56. The average molecular weight is 274 g/mol. The van der Waals surface area contributed by atoms with Crippen molar-refractivity contribution in [3.63, 3.8) is 0 Å². The molecule has 0 radical (unpaired) electrons. The number of hydrogen-bond donors (Lipinski definition) is 2. The van der Waals surface area contributed by atoms with Gasteiger partial charge in [-0.3, -0.25) is 14.4 Å². The molecule has 0 aromatic rings. The van der Waals surface area contributed by atoms with E-state index < -0.39 is 36.2 Å². The van der Waals surface area contributed by atoms with Crippen LogP contribution < -0.4 is 0 Å². The third-order valence-corrected chi connectivity index (χ3v) is 2.93. The number of aliphatic carboxylic acids is 2. The van der Waals surface area contributed by atoms with E-state index in [1.165, 1.54) is 6.92 Å². The fourth-order valence-electron chi connectivity index (χ4n) is 1.63. The smallest absolute Gasteiger partial charge is 0.310 e. The lowest BCUT2D eigenvalue weighted by Crippen LogP contribution is -2.31. The molecule has 0 spiro atoms. The lowest BCUT2D eigenvalue weighted by atomic mass is 9.91. The molecule has 2 unspecified atom stereocenters. The number of carboxylic acids is 2. The molecule has 0 fully saturated rings. The molecule has 6 heteroatoms. The van der Waals surface area contributed by atoms with Gasteiger partial charge in [0, 0.05) is 0 Å². The summed E-state index contributed by atoms with van der Waals surface area (Å²) >= 11 is 0. The summed E-state index contributed by atoms with van der Waals surface area (Å²) in [6.45, 7) is 3.58. The molecular formula is C13H22O6. The van der Waals surface area contributed by atoms with E-state index in [4.69, 9.17) is 14.9 Å². The first-order chi connectivity index (χ1) is 8.90. The van der Waals surface area contributed by atoms with Gasteiger partial charge in [-0.2, -0.15) is 0 Å². The highest BCUT2D eigenvalue weighted by atomic mass is 16.5. The van der Waals surface area contributed by atoms with Crippen LogP contribution in [0, 0.1) is 11.8 Å². The molecule has 0 aromatic carbocycles. The number of carbonyl (C=O) groups is 3. The van der Waals surface area contributed by atoms with Gasteiger partial charge in [-0.25, -0.2) is 0 Å². The first-order valence-corrected chi connectivity index (χ1v) is 6.51. The fraction of sp³-hybridized carbons (Fsp3) is 0.769. The third-order valence-electron chi connectivity index (χ3n) is 2.93. The maximum Gasteiger partial charge on any atom is 0.310 e. The van der Waals surface area contributed by atoms with Crippen LogP contribution in [-0.2, 0) is 19.1 Å². The van der Waals surface area contributed by atoms with Crippen LogP contribution in [0.1, 0.15) is 46.0 Å². The summed E-state index contributed by atoms with van der Waals surface area (Å²) < 4.78 is 4.96. The zero-order chi connectivity index (χ0) is 14.8. The van der Waals surface area contributed by atoms with Gasteiger partial charge in [0.1, 0.15) is 0 Å². The van der Waals surface area contributed by atoms with Crippen molar-refractivity contribution < 1.29 is 29.3 Å². The molecule has 0 aromatic heterocycles. The zero-order valence-corrected chi connectivity index (χ0v) is 11.4. The molecule has 2 atom stereocenters. The van der Waals surface area contributed by atoms with E-state index >= 15 is 0 Å². The van der Waals surface area contributed by atoms with Gasteiger partial charge in [-0.15, -0.1) is 0 Å². The summed E-state index contributed by atoms with van der Waals surface area (Å²) in [5, 5.41) is 17.6. The predicted octanol–water partition coefficient (Wildman–Crippen LogP) is 1.92. The molecule has 0 heterocycles. The molecule has 0 saturated heterocycles. The van der Waals surface area contributed by atoms with Gasteiger partial charge in [-0.05, 0) is 6.42 Å². The Morgan fingerprint density at radius 3 is 2.21 bits per heavy atom. The Morgan fingerprint density at radius 2 is 1.74 bits per heavy atom. The summed E-state index contributed by atoms with van der Waals surface area (Å²) in [7, 11) is 0. The van der Waals surface area contributed by atoms with Crippen molar-refractivity contribution >= 4 is 17.9 Å². The van der Waals surface area contributed by atoms with Crippen molar-refractivity contribution in [2.24, 2.45) is 11.8 Å². The summed E-state index contributed by atoms with van der Waals surface area (Å²) in [6.07, 6.45) is 3.22. The van der Waals surface area contributed by atoms with Crippen molar-refractivity contribution in [3.8, 4) is 0 Å². The third kappa shape index (κ3) is 7.43. The van der Waals surface area contributed by atoms with E-state index in [2.05, 4.69) is 6.92 Å². The van der Waals surface area contributed by atoms with Crippen molar-refractivity contribution in [1.29, 1.82) is 0 Å². The van der Waals surface area contributed by atoms with Crippen LogP contribution in [0.4, 0.5) is 0 Å². The summed E-state index contributed by atoms with van der Waals surface area (Å²) in [5.74, 6) is -5.36. The first kappa shape index (κ1) is 17.4.